The number of carbonyl (C=O) groups excluding carboxylic acids is 2. The number of nitrogens with one attached hydrogen (secondary N) is 1. The first-order chi connectivity index (χ1) is 18.4. The van der Waals surface area contributed by atoms with Gasteiger partial charge in [-0.05, 0) is 79.8 Å². The second-order valence-electron chi connectivity index (χ2n) is 9.63. The molecule has 1 N–H and O–H groups in total. The molecule has 2 amide bonds. The molecule has 3 aromatic rings. The Morgan fingerprint density at radius 3 is 2.16 bits per heavy atom. The van der Waals surface area contributed by atoms with E-state index in [1.807, 2.05) is 32.0 Å². The first-order valence-electron chi connectivity index (χ1n) is 12.9. The molecule has 1 saturated carbocycles. The molecule has 1 heterocycles. The van der Waals surface area contributed by atoms with Gasteiger partial charge in [0.05, 0.1) is 27.6 Å². The quantitative estimate of drug-likeness (QED) is 0.386. The average molecular weight is 521 g/mol. The monoisotopic (exact) mass is 520 g/mol. The van der Waals surface area contributed by atoms with E-state index in [9.17, 15) is 9.59 Å². The van der Waals surface area contributed by atoms with Gasteiger partial charge in [-0.3, -0.25) is 14.5 Å². The number of anilines is 1. The van der Waals surface area contributed by atoms with E-state index in [1.54, 1.807) is 24.3 Å². The zero-order chi connectivity index (χ0) is 27.2. The van der Waals surface area contributed by atoms with Crippen molar-refractivity contribution in [2.45, 2.75) is 58.0 Å². The Balaban J connectivity index is 1.91. The molecule has 8 heteroatoms. The largest absolute Gasteiger partial charge is 0.493 e. The molecule has 1 atom stereocenters. The fourth-order valence-corrected chi connectivity index (χ4v) is 4.98. The number of nitrogens with zero attached hydrogens (tertiary/aromatic N) is 1. The number of hydrogen-bond donors (Lipinski definition) is 1. The molecule has 1 aliphatic carbocycles. The summed E-state index contributed by atoms with van der Waals surface area (Å²) in [6.07, 6.45) is 6.54. The SMILES string of the molecule is COc1cc([C@@H](C(=O)NC2CCCCC2)N(C(=O)c2ccco2)c2ccc(C)c(C)c2)cc(OC)c1OC. The van der Waals surface area contributed by atoms with E-state index < -0.39 is 11.9 Å². The molecule has 38 heavy (non-hydrogen) atoms. The van der Waals surface area contributed by atoms with Gasteiger partial charge in [0.2, 0.25) is 11.7 Å². The lowest BCUT2D eigenvalue weighted by molar-refractivity contribution is -0.123. The van der Waals surface area contributed by atoms with E-state index in [4.69, 9.17) is 18.6 Å². The van der Waals surface area contributed by atoms with Crippen molar-refractivity contribution in [2.24, 2.45) is 0 Å². The number of ether oxygens (including phenoxy) is 3. The van der Waals surface area contributed by atoms with E-state index >= 15 is 0 Å². The molecular weight excluding hydrogens is 484 g/mol. The Morgan fingerprint density at radius 1 is 0.921 bits per heavy atom. The summed E-state index contributed by atoms with van der Waals surface area (Å²) in [5.74, 6) is 0.595. The predicted molar refractivity (Wildman–Crippen MR) is 145 cm³/mol. The van der Waals surface area contributed by atoms with Gasteiger partial charge >= 0.3 is 0 Å². The molecule has 1 aromatic heterocycles. The Labute approximate surface area is 223 Å². The van der Waals surface area contributed by atoms with Crippen molar-refractivity contribution in [3.63, 3.8) is 0 Å². The Hall–Kier alpha value is -3.94. The number of furan rings is 1. The first-order valence-corrected chi connectivity index (χ1v) is 12.9. The number of methoxy groups -OCH3 is 3. The molecule has 4 rings (SSSR count). The minimum Gasteiger partial charge on any atom is -0.493 e. The maximum absolute atomic E-state index is 14.2. The van der Waals surface area contributed by atoms with Crippen LogP contribution in [0.2, 0.25) is 0 Å². The highest BCUT2D eigenvalue weighted by Gasteiger charge is 2.37. The van der Waals surface area contributed by atoms with Crippen LogP contribution < -0.4 is 24.4 Å². The van der Waals surface area contributed by atoms with E-state index in [0.29, 0.717) is 28.5 Å². The van der Waals surface area contributed by atoms with Gasteiger partial charge in [0.25, 0.3) is 5.91 Å². The highest BCUT2D eigenvalue weighted by Crippen LogP contribution is 2.42. The highest BCUT2D eigenvalue weighted by atomic mass is 16.5. The van der Waals surface area contributed by atoms with Crippen LogP contribution in [0.15, 0.2) is 53.1 Å². The molecule has 0 radical (unpaired) electrons. The van der Waals surface area contributed by atoms with Crippen LogP contribution in [0.1, 0.15) is 65.4 Å². The molecule has 1 aliphatic rings. The summed E-state index contributed by atoms with van der Waals surface area (Å²) in [5, 5.41) is 3.22. The number of benzene rings is 2. The lowest BCUT2D eigenvalue weighted by atomic mass is 9.94. The van der Waals surface area contributed by atoms with Gasteiger partial charge in [0.1, 0.15) is 6.04 Å². The molecule has 0 unspecified atom stereocenters. The van der Waals surface area contributed by atoms with E-state index in [1.165, 1.54) is 32.5 Å². The summed E-state index contributed by atoms with van der Waals surface area (Å²) >= 11 is 0. The zero-order valence-electron chi connectivity index (χ0n) is 22.7. The predicted octanol–water partition coefficient (Wildman–Crippen LogP) is 5.76. The van der Waals surface area contributed by atoms with Crippen molar-refractivity contribution in [1.29, 1.82) is 0 Å². The Morgan fingerprint density at radius 2 is 1.61 bits per heavy atom. The van der Waals surface area contributed by atoms with Crippen LogP contribution in [-0.4, -0.2) is 39.2 Å². The van der Waals surface area contributed by atoms with E-state index in [0.717, 1.165) is 43.2 Å². The number of carbonyl (C=O) groups is 2. The summed E-state index contributed by atoms with van der Waals surface area (Å²) in [4.78, 5) is 29.7. The number of rotatable bonds is 9. The molecule has 0 aliphatic heterocycles. The van der Waals surface area contributed by atoms with Crippen molar-refractivity contribution in [3.8, 4) is 17.2 Å². The van der Waals surface area contributed by atoms with Crippen LogP contribution in [0.4, 0.5) is 5.69 Å². The molecule has 0 spiro atoms. The molecular formula is C30H36N2O6. The maximum atomic E-state index is 14.2. The maximum Gasteiger partial charge on any atom is 0.294 e. The van der Waals surface area contributed by atoms with Crippen molar-refractivity contribution >= 4 is 17.5 Å². The summed E-state index contributed by atoms with van der Waals surface area (Å²) in [5.41, 5.74) is 3.17. The van der Waals surface area contributed by atoms with Crippen molar-refractivity contribution < 1.29 is 28.2 Å². The second-order valence-corrected chi connectivity index (χ2v) is 9.63. The highest BCUT2D eigenvalue weighted by molar-refractivity contribution is 6.08. The van der Waals surface area contributed by atoms with Crippen LogP contribution in [0.5, 0.6) is 17.2 Å². The molecule has 0 saturated heterocycles. The van der Waals surface area contributed by atoms with E-state index in [-0.39, 0.29) is 17.7 Å². The van der Waals surface area contributed by atoms with E-state index in [2.05, 4.69) is 5.32 Å². The fraction of sp³-hybridized carbons (Fsp3) is 0.400. The van der Waals surface area contributed by atoms with Gasteiger partial charge in [0, 0.05) is 11.7 Å². The summed E-state index contributed by atoms with van der Waals surface area (Å²) < 4.78 is 22.2. The number of hydrogen-bond acceptors (Lipinski definition) is 6. The number of amides is 2. The molecule has 1 fully saturated rings. The minimum atomic E-state index is -1.04. The summed E-state index contributed by atoms with van der Waals surface area (Å²) in [7, 11) is 4.57. The second kappa shape index (κ2) is 12.1. The Bertz CT molecular complexity index is 1240. The topological polar surface area (TPSA) is 90.2 Å². The van der Waals surface area contributed by atoms with Crippen LogP contribution >= 0.6 is 0 Å². The van der Waals surface area contributed by atoms with Gasteiger partial charge in [-0.15, -0.1) is 0 Å². The molecule has 2 aromatic carbocycles. The van der Waals surface area contributed by atoms with Crippen LogP contribution in [0.3, 0.4) is 0 Å². The minimum absolute atomic E-state index is 0.0427. The Kier molecular flexibility index (Phi) is 8.61. The van der Waals surface area contributed by atoms with Gasteiger partial charge in [-0.1, -0.05) is 25.3 Å². The van der Waals surface area contributed by atoms with Crippen LogP contribution in [-0.2, 0) is 4.79 Å². The van der Waals surface area contributed by atoms with Crippen LogP contribution in [0.25, 0.3) is 0 Å². The third-order valence-corrected chi connectivity index (χ3v) is 7.18. The van der Waals surface area contributed by atoms with Gasteiger partial charge < -0.3 is 23.9 Å². The summed E-state index contributed by atoms with van der Waals surface area (Å²) in [6, 6.07) is 11.4. The van der Waals surface area contributed by atoms with Gasteiger partial charge in [0.15, 0.2) is 17.3 Å². The fourth-order valence-electron chi connectivity index (χ4n) is 4.98. The van der Waals surface area contributed by atoms with Crippen molar-refractivity contribution in [2.75, 3.05) is 26.2 Å². The zero-order valence-corrected chi connectivity index (χ0v) is 22.7. The molecule has 0 bridgehead atoms. The van der Waals surface area contributed by atoms with Crippen molar-refractivity contribution in [3.05, 3.63) is 71.2 Å². The average Bonchev–Trinajstić information content (AvgIpc) is 3.48. The third kappa shape index (κ3) is 5.64. The third-order valence-electron chi connectivity index (χ3n) is 7.18. The smallest absolute Gasteiger partial charge is 0.294 e. The standard InChI is InChI=1S/C30H36N2O6/c1-19-13-14-23(16-20(19)2)32(30(34)24-12-9-15-38-24)27(29(33)31-22-10-7-6-8-11-22)21-17-25(35-3)28(37-5)26(18-21)36-4/h9,12-18,22,27H,6-8,10-11H2,1-5H3,(H,31,33)/t27-/m0/s1. The number of aryl methyl sites for hydroxylation is 2. The van der Waals surface area contributed by atoms with Gasteiger partial charge in [-0.2, -0.15) is 0 Å². The van der Waals surface area contributed by atoms with Crippen LogP contribution in [0, 0.1) is 13.8 Å². The molecule has 8 nitrogen and oxygen atoms in total. The normalized spacial score (nSPS) is 14.4. The lowest BCUT2D eigenvalue weighted by Crippen LogP contribution is -2.47. The first kappa shape index (κ1) is 27.1. The summed E-state index contributed by atoms with van der Waals surface area (Å²) in [6.45, 7) is 3.98. The van der Waals surface area contributed by atoms with Crippen molar-refractivity contribution in [1.82, 2.24) is 5.32 Å². The van der Waals surface area contributed by atoms with Gasteiger partial charge in [-0.25, -0.2) is 0 Å². The molecule has 202 valence electrons. The lowest BCUT2D eigenvalue weighted by Gasteiger charge is -2.33.